The number of hydrogen-bond acceptors (Lipinski definition) is 3. The first-order valence-electron chi connectivity index (χ1n) is 7.71. The summed E-state index contributed by atoms with van der Waals surface area (Å²) in [5.41, 5.74) is 1.29. The lowest BCUT2D eigenvalue weighted by atomic mass is 10.0. The quantitative estimate of drug-likeness (QED) is 0.745. The van der Waals surface area contributed by atoms with Crippen molar-refractivity contribution in [3.8, 4) is 5.75 Å². The number of ether oxygens (including phenoxy) is 1. The van der Waals surface area contributed by atoms with E-state index >= 15 is 0 Å². The number of nitrogens with one attached hydrogen (secondary N) is 1. The van der Waals surface area contributed by atoms with Crippen molar-refractivity contribution in [2.75, 3.05) is 13.7 Å². The fourth-order valence-electron chi connectivity index (χ4n) is 2.53. The molecule has 114 valence electrons. The summed E-state index contributed by atoms with van der Waals surface area (Å²) in [4.78, 5) is 1.47. The van der Waals surface area contributed by atoms with Crippen molar-refractivity contribution in [1.82, 2.24) is 5.32 Å². The Hall–Kier alpha value is -1.32. The van der Waals surface area contributed by atoms with Gasteiger partial charge < -0.3 is 10.1 Å². The summed E-state index contributed by atoms with van der Waals surface area (Å²) in [6.07, 6.45) is 4.50. The molecule has 1 heterocycles. The number of methoxy groups -OCH3 is 1. The van der Waals surface area contributed by atoms with Crippen LogP contribution in [0.15, 0.2) is 41.8 Å². The lowest BCUT2D eigenvalue weighted by molar-refractivity contribution is 0.402. The van der Waals surface area contributed by atoms with E-state index in [0.717, 1.165) is 25.1 Å². The molecule has 0 aliphatic carbocycles. The second-order valence-corrected chi connectivity index (χ2v) is 6.32. The molecule has 0 radical (unpaired) electrons. The maximum atomic E-state index is 5.48. The van der Waals surface area contributed by atoms with E-state index in [2.05, 4.69) is 41.9 Å². The third kappa shape index (κ3) is 5.18. The summed E-state index contributed by atoms with van der Waals surface area (Å²) in [5, 5.41) is 5.84. The van der Waals surface area contributed by atoms with Crippen LogP contribution < -0.4 is 10.1 Å². The van der Waals surface area contributed by atoms with Gasteiger partial charge >= 0.3 is 0 Å². The van der Waals surface area contributed by atoms with E-state index in [1.807, 2.05) is 23.5 Å². The van der Waals surface area contributed by atoms with Crippen LogP contribution in [0.4, 0.5) is 0 Å². The predicted molar refractivity (Wildman–Crippen MR) is 91.4 cm³/mol. The van der Waals surface area contributed by atoms with Gasteiger partial charge in [-0.2, -0.15) is 0 Å². The van der Waals surface area contributed by atoms with Crippen LogP contribution in [0.25, 0.3) is 0 Å². The first-order valence-corrected chi connectivity index (χ1v) is 8.59. The van der Waals surface area contributed by atoms with Gasteiger partial charge in [-0.1, -0.05) is 31.2 Å². The molecule has 2 rings (SSSR count). The lowest BCUT2D eigenvalue weighted by Gasteiger charge is -2.19. The monoisotopic (exact) mass is 303 g/mol. The van der Waals surface area contributed by atoms with Crippen LogP contribution in [-0.2, 0) is 12.8 Å². The number of aryl methyl sites for hydroxylation is 1. The van der Waals surface area contributed by atoms with E-state index in [0.29, 0.717) is 6.04 Å². The molecular formula is C18H25NOS. The third-order valence-electron chi connectivity index (χ3n) is 3.66. The van der Waals surface area contributed by atoms with Crippen LogP contribution >= 0.6 is 11.3 Å². The molecule has 1 aromatic heterocycles. The van der Waals surface area contributed by atoms with E-state index in [1.165, 1.54) is 23.3 Å². The van der Waals surface area contributed by atoms with Gasteiger partial charge in [-0.05, 0) is 55.3 Å². The number of para-hydroxylation sites is 1. The first-order chi connectivity index (χ1) is 10.3. The molecular weight excluding hydrogens is 278 g/mol. The summed E-state index contributed by atoms with van der Waals surface area (Å²) >= 11 is 1.85. The Morgan fingerprint density at radius 2 is 2.05 bits per heavy atom. The maximum Gasteiger partial charge on any atom is 0.122 e. The van der Waals surface area contributed by atoms with Crippen molar-refractivity contribution in [1.29, 1.82) is 0 Å². The van der Waals surface area contributed by atoms with Crippen molar-refractivity contribution in [3.05, 3.63) is 52.2 Å². The predicted octanol–water partition coefficient (Wildman–Crippen LogP) is 4.30. The molecule has 0 aliphatic rings. The van der Waals surface area contributed by atoms with Gasteiger partial charge in [-0.25, -0.2) is 0 Å². The van der Waals surface area contributed by atoms with Gasteiger partial charge in [0.1, 0.15) is 5.75 Å². The fourth-order valence-corrected chi connectivity index (χ4v) is 3.26. The number of benzene rings is 1. The van der Waals surface area contributed by atoms with E-state index < -0.39 is 0 Å². The molecule has 0 fully saturated rings. The minimum atomic E-state index is 0.503. The second kappa shape index (κ2) is 8.85. The van der Waals surface area contributed by atoms with E-state index in [4.69, 9.17) is 4.74 Å². The SMILES string of the molecule is CCCNC(CCc1cccs1)Cc1ccccc1OC. The Morgan fingerprint density at radius 3 is 2.76 bits per heavy atom. The molecule has 0 aliphatic heterocycles. The van der Waals surface area contributed by atoms with Crippen molar-refractivity contribution < 1.29 is 4.74 Å². The van der Waals surface area contributed by atoms with E-state index in [-0.39, 0.29) is 0 Å². The Labute approximate surface area is 132 Å². The van der Waals surface area contributed by atoms with E-state index in [9.17, 15) is 0 Å². The van der Waals surface area contributed by atoms with Crippen LogP contribution in [0.5, 0.6) is 5.75 Å². The molecule has 0 saturated heterocycles. The van der Waals surface area contributed by atoms with Gasteiger partial charge in [0, 0.05) is 10.9 Å². The smallest absolute Gasteiger partial charge is 0.122 e. The zero-order chi connectivity index (χ0) is 14.9. The highest BCUT2D eigenvalue weighted by Gasteiger charge is 2.12. The zero-order valence-electron chi connectivity index (χ0n) is 13.0. The molecule has 1 N–H and O–H groups in total. The highest BCUT2D eigenvalue weighted by molar-refractivity contribution is 7.09. The zero-order valence-corrected chi connectivity index (χ0v) is 13.8. The molecule has 1 atom stereocenters. The summed E-state index contributed by atoms with van der Waals surface area (Å²) < 4.78 is 5.48. The molecule has 1 aromatic carbocycles. The van der Waals surface area contributed by atoms with Gasteiger partial charge in [0.05, 0.1) is 7.11 Å². The molecule has 3 heteroatoms. The Balaban J connectivity index is 1.97. The minimum Gasteiger partial charge on any atom is -0.496 e. The van der Waals surface area contributed by atoms with Crippen molar-refractivity contribution in [2.45, 2.75) is 38.6 Å². The fraction of sp³-hybridized carbons (Fsp3) is 0.444. The van der Waals surface area contributed by atoms with Crippen molar-refractivity contribution in [2.24, 2.45) is 0 Å². The van der Waals surface area contributed by atoms with Crippen molar-refractivity contribution in [3.63, 3.8) is 0 Å². The van der Waals surface area contributed by atoms with Gasteiger partial charge in [0.25, 0.3) is 0 Å². The summed E-state index contributed by atoms with van der Waals surface area (Å²) in [5.74, 6) is 0.997. The topological polar surface area (TPSA) is 21.3 Å². The van der Waals surface area contributed by atoms with Gasteiger partial charge in [-0.15, -0.1) is 11.3 Å². The van der Waals surface area contributed by atoms with Crippen LogP contribution in [0.3, 0.4) is 0 Å². The van der Waals surface area contributed by atoms with Crippen LogP contribution in [0.1, 0.15) is 30.2 Å². The number of thiophene rings is 1. The summed E-state index contributed by atoms with van der Waals surface area (Å²) in [6.45, 7) is 3.29. The van der Waals surface area contributed by atoms with Gasteiger partial charge in [0.15, 0.2) is 0 Å². The van der Waals surface area contributed by atoms with Gasteiger partial charge in [0.2, 0.25) is 0 Å². The van der Waals surface area contributed by atoms with Gasteiger partial charge in [-0.3, -0.25) is 0 Å². The highest BCUT2D eigenvalue weighted by Crippen LogP contribution is 2.21. The minimum absolute atomic E-state index is 0.503. The van der Waals surface area contributed by atoms with Crippen LogP contribution in [0, 0.1) is 0 Å². The third-order valence-corrected chi connectivity index (χ3v) is 4.60. The molecule has 0 saturated carbocycles. The average Bonchev–Trinajstić information content (AvgIpc) is 3.04. The largest absolute Gasteiger partial charge is 0.496 e. The van der Waals surface area contributed by atoms with Crippen LogP contribution in [0.2, 0.25) is 0 Å². The molecule has 2 aromatic rings. The summed E-state index contributed by atoms with van der Waals surface area (Å²) in [7, 11) is 1.75. The maximum absolute atomic E-state index is 5.48. The molecule has 0 spiro atoms. The molecule has 21 heavy (non-hydrogen) atoms. The normalized spacial score (nSPS) is 12.3. The number of rotatable bonds is 9. The second-order valence-electron chi connectivity index (χ2n) is 5.29. The lowest BCUT2D eigenvalue weighted by Crippen LogP contribution is -2.32. The van der Waals surface area contributed by atoms with Crippen LogP contribution in [-0.4, -0.2) is 19.7 Å². The van der Waals surface area contributed by atoms with Crippen molar-refractivity contribution >= 4 is 11.3 Å². The molecule has 2 nitrogen and oxygen atoms in total. The Morgan fingerprint density at radius 1 is 1.19 bits per heavy atom. The Kier molecular flexibility index (Phi) is 6.77. The highest BCUT2D eigenvalue weighted by atomic mass is 32.1. The average molecular weight is 303 g/mol. The number of hydrogen-bond donors (Lipinski definition) is 1. The van der Waals surface area contributed by atoms with E-state index in [1.54, 1.807) is 7.11 Å². The first kappa shape index (κ1) is 16.1. The molecule has 1 unspecified atom stereocenters. The summed E-state index contributed by atoms with van der Waals surface area (Å²) in [6, 6.07) is 13.2. The Bertz CT molecular complexity index is 510. The standard InChI is InChI=1S/C18H25NOS/c1-3-12-19-16(10-11-17-8-6-13-21-17)14-15-7-4-5-9-18(15)20-2/h4-9,13,16,19H,3,10-12,14H2,1-2H3. The molecule has 0 amide bonds. The molecule has 0 bridgehead atoms.